The van der Waals surface area contributed by atoms with Crippen LogP contribution in [0, 0.1) is 0 Å². The van der Waals surface area contributed by atoms with Gasteiger partial charge in [0.2, 0.25) is 0 Å². The van der Waals surface area contributed by atoms with Gasteiger partial charge in [-0.15, -0.1) is 0 Å². The average Bonchev–Trinajstić information content (AvgIpc) is 2.05. The van der Waals surface area contributed by atoms with Gasteiger partial charge in [-0.3, -0.25) is 4.79 Å². The zero-order valence-electron chi connectivity index (χ0n) is 6.52. The minimum atomic E-state index is -0.865. The van der Waals surface area contributed by atoms with Crippen LogP contribution in [0.15, 0.2) is 17.6 Å². The average molecular weight is 184 g/mol. The molecule has 0 atom stereocenters. The van der Waals surface area contributed by atoms with Crippen molar-refractivity contribution >= 4 is 17.7 Å². The minimum absolute atomic E-state index is 0.0192. The van der Waals surface area contributed by atoms with E-state index in [1.54, 1.807) is 0 Å². The van der Waals surface area contributed by atoms with Gasteiger partial charge in [0.1, 0.15) is 0 Å². The van der Waals surface area contributed by atoms with Crippen LogP contribution in [0.1, 0.15) is 5.56 Å². The van der Waals surface area contributed by atoms with Crippen LogP contribution < -0.4 is 0 Å². The first-order chi connectivity index (χ1) is 5.72. The molecule has 1 rings (SSSR count). The van der Waals surface area contributed by atoms with Crippen molar-refractivity contribution in [2.45, 2.75) is 11.6 Å². The number of carboxylic acid groups (broad SMARTS) is 1. The molecule has 0 fully saturated rings. The Labute approximate surface area is 74.0 Å². The van der Waals surface area contributed by atoms with Crippen LogP contribution in [0.2, 0.25) is 0 Å². The van der Waals surface area contributed by atoms with E-state index in [1.807, 2.05) is 6.26 Å². The normalized spacial score (nSPS) is 9.75. The Bertz CT molecular complexity index is 273. The molecule has 0 bridgehead atoms. The zero-order chi connectivity index (χ0) is 8.97. The quantitative estimate of drug-likeness (QED) is 0.556. The number of aromatic nitrogens is 2. The van der Waals surface area contributed by atoms with Crippen LogP contribution >= 0.6 is 11.8 Å². The molecule has 64 valence electrons. The molecular weight excluding hydrogens is 176 g/mol. The Balaban J connectivity index is 2.71. The first-order valence-corrected chi connectivity index (χ1v) is 4.51. The van der Waals surface area contributed by atoms with Crippen LogP contribution in [0.4, 0.5) is 0 Å². The largest absolute Gasteiger partial charge is 0.481 e. The molecular formula is C7H8N2O2S. The predicted octanol–water partition coefficient (Wildman–Crippen LogP) is 0.826. The van der Waals surface area contributed by atoms with Gasteiger partial charge in [0.15, 0.2) is 5.16 Å². The van der Waals surface area contributed by atoms with Crippen molar-refractivity contribution in [3.05, 3.63) is 18.0 Å². The highest BCUT2D eigenvalue weighted by atomic mass is 32.2. The molecule has 0 aromatic carbocycles. The van der Waals surface area contributed by atoms with Crippen molar-refractivity contribution in [3.63, 3.8) is 0 Å². The summed E-state index contributed by atoms with van der Waals surface area (Å²) in [5.41, 5.74) is 0.625. The Hall–Kier alpha value is -1.10. The second-order valence-corrected chi connectivity index (χ2v) is 2.92. The van der Waals surface area contributed by atoms with Gasteiger partial charge < -0.3 is 5.11 Å². The molecule has 0 saturated carbocycles. The highest BCUT2D eigenvalue weighted by Gasteiger charge is 2.00. The molecule has 5 heteroatoms. The number of hydrogen-bond donors (Lipinski definition) is 1. The van der Waals surface area contributed by atoms with E-state index in [1.165, 1.54) is 24.2 Å². The van der Waals surface area contributed by atoms with Gasteiger partial charge in [0, 0.05) is 12.4 Å². The van der Waals surface area contributed by atoms with E-state index in [0.717, 1.165) is 0 Å². The predicted molar refractivity (Wildman–Crippen MR) is 45.2 cm³/mol. The third-order valence-electron chi connectivity index (χ3n) is 1.22. The lowest BCUT2D eigenvalue weighted by Gasteiger charge is -1.96. The van der Waals surface area contributed by atoms with Crippen molar-refractivity contribution in [2.75, 3.05) is 6.26 Å². The van der Waals surface area contributed by atoms with E-state index < -0.39 is 5.97 Å². The van der Waals surface area contributed by atoms with Gasteiger partial charge in [-0.2, -0.15) is 0 Å². The maximum absolute atomic E-state index is 10.3. The Morgan fingerprint density at radius 1 is 1.58 bits per heavy atom. The second-order valence-electron chi connectivity index (χ2n) is 2.15. The smallest absolute Gasteiger partial charge is 0.307 e. The number of rotatable bonds is 3. The highest BCUT2D eigenvalue weighted by molar-refractivity contribution is 7.98. The van der Waals surface area contributed by atoms with Gasteiger partial charge in [-0.25, -0.2) is 9.97 Å². The molecule has 0 unspecified atom stereocenters. The Kier molecular flexibility index (Phi) is 3.04. The van der Waals surface area contributed by atoms with Crippen LogP contribution in [-0.4, -0.2) is 27.3 Å². The van der Waals surface area contributed by atoms with E-state index >= 15 is 0 Å². The summed E-state index contributed by atoms with van der Waals surface area (Å²) in [6.45, 7) is 0. The lowest BCUT2D eigenvalue weighted by molar-refractivity contribution is -0.136. The molecule has 0 amide bonds. The summed E-state index contributed by atoms with van der Waals surface area (Å²) in [4.78, 5) is 18.1. The Morgan fingerprint density at radius 3 is 2.58 bits per heavy atom. The molecule has 0 aliphatic heterocycles. The second kappa shape index (κ2) is 4.06. The molecule has 0 spiro atoms. The maximum Gasteiger partial charge on any atom is 0.307 e. The summed E-state index contributed by atoms with van der Waals surface area (Å²) in [5.74, 6) is -0.865. The molecule has 1 aromatic rings. The van der Waals surface area contributed by atoms with E-state index in [-0.39, 0.29) is 6.42 Å². The molecule has 0 aliphatic rings. The number of carboxylic acids is 1. The topological polar surface area (TPSA) is 63.1 Å². The molecule has 0 saturated heterocycles. The van der Waals surface area contributed by atoms with Crippen molar-refractivity contribution < 1.29 is 9.90 Å². The van der Waals surface area contributed by atoms with Crippen LogP contribution in [-0.2, 0) is 11.2 Å². The SMILES string of the molecule is CSc1ncc(CC(=O)O)cn1. The van der Waals surface area contributed by atoms with Gasteiger partial charge in [-0.1, -0.05) is 11.8 Å². The van der Waals surface area contributed by atoms with Crippen molar-refractivity contribution in [1.29, 1.82) is 0 Å². The summed E-state index contributed by atoms with van der Waals surface area (Å²) < 4.78 is 0. The monoisotopic (exact) mass is 184 g/mol. The number of thioether (sulfide) groups is 1. The summed E-state index contributed by atoms with van der Waals surface area (Å²) in [7, 11) is 0. The number of aliphatic carboxylic acids is 1. The van der Waals surface area contributed by atoms with E-state index in [0.29, 0.717) is 10.7 Å². The zero-order valence-corrected chi connectivity index (χ0v) is 7.34. The van der Waals surface area contributed by atoms with Crippen molar-refractivity contribution in [2.24, 2.45) is 0 Å². The van der Waals surface area contributed by atoms with Gasteiger partial charge >= 0.3 is 5.97 Å². The van der Waals surface area contributed by atoms with Gasteiger partial charge in [0.25, 0.3) is 0 Å². The first-order valence-electron chi connectivity index (χ1n) is 3.29. The molecule has 0 aliphatic carbocycles. The summed E-state index contributed by atoms with van der Waals surface area (Å²) in [6, 6.07) is 0. The maximum atomic E-state index is 10.3. The molecule has 1 aromatic heterocycles. The lowest BCUT2D eigenvalue weighted by Crippen LogP contribution is -2.01. The molecule has 0 radical (unpaired) electrons. The molecule has 4 nitrogen and oxygen atoms in total. The molecule has 1 heterocycles. The number of nitrogens with zero attached hydrogens (tertiary/aromatic N) is 2. The third-order valence-corrected chi connectivity index (χ3v) is 1.80. The third kappa shape index (κ3) is 2.50. The summed E-state index contributed by atoms with van der Waals surface area (Å²) >= 11 is 1.43. The van der Waals surface area contributed by atoms with Crippen molar-refractivity contribution in [1.82, 2.24) is 9.97 Å². The lowest BCUT2D eigenvalue weighted by atomic mass is 10.2. The summed E-state index contributed by atoms with van der Waals surface area (Å²) in [6.07, 6.45) is 4.92. The molecule has 12 heavy (non-hydrogen) atoms. The van der Waals surface area contributed by atoms with Gasteiger partial charge in [0.05, 0.1) is 6.42 Å². The highest BCUT2D eigenvalue weighted by Crippen LogP contribution is 2.06. The number of carbonyl (C=O) groups is 1. The standard InChI is InChI=1S/C7H8N2O2S/c1-12-7-8-3-5(4-9-7)2-6(10)11/h3-4H,2H2,1H3,(H,10,11). The van der Waals surface area contributed by atoms with E-state index in [9.17, 15) is 4.79 Å². The van der Waals surface area contributed by atoms with Gasteiger partial charge in [-0.05, 0) is 11.8 Å². The minimum Gasteiger partial charge on any atom is -0.481 e. The fraction of sp³-hybridized carbons (Fsp3) is 0.286. The van der Waals surface area contributed by atoms with Crippen molar-refractivity contribution in [3.8, 4) is 0 Å². The first kappa shape index (κ1) is 8.99. The Morgan fingerprint density at radius 2 is 2.17 bits per heavy atom. The summed E-state index contributed by atoms with van der Waals surface area (Å²) in [5, 5.41) is 9.09. The van der Waals surface area contributed by atoms with E-state index in [4.69, 9.17) is 5.11 Å². The number of hydrogen-bond acceptors (Lipinski definition) is 4. The fourth-order valence-corrected chi connectivity index (χ4v) is 1.03. The fourth-order valence-electron chi connectivity index (χ4n) is 0.714. The van der Waals surface area contributed by atoms with Crippen LogP contribution in [0.5, 0.6) is 0 Å². The molecule has 1 N–H and O–H groups in total. The van der Waals surface area contributed by atoms with Crippen LogP contribution in [0.3, 0.4) is 0 Å². The van der Waals surface area contributed by atoms with Crippen LogP contribution in [0.25, 0.3) is 0 Å². The van der Waals surface area contributed by atoms with E-state index in [2.05, 4.69) is 9.97 Å².